The zero-order chi connectivity index (χ0) is 33.5. The zero-order valence-electron chi connectivity index (χ0n) is 29.1. The van der Waals surface area contributed by atoms with Crippen molar-refractivity contribution in [3.05, 3.63) is 161 Å². The molecule has 0 saturated carbocycles. The summed E-state index contributed by atoms with van der Waals surface area (Å²) in [5.41, 5.74) is 9.65. The van der Waals surface area contributed by atoms with E-state index in [1.807, 2.05) is 0 Å². The van der Waals surface area contributed by atoms with Gasteiger partial charge in [-0.25, -0.2) is 0 Å². The first-order chi connectivity index (χ1) is 25.3. The van der Waals surface area contributed by atoms with Gasteiger partial charge in [-0.15, -0.1) is 0 Å². The predicted molar refractivity (Wildman–Crippen MR) is 204 cm³/mol. The van der Waals surface area contributed by atoms with Crippen molar-refractivity contribution in [2.45, 2.75) is 75.7 Å². The molecule has 11 rings (SSSR count). The van der Waals surface area contributed by atoms with E-state index in [0.29, 0.717) is 17.8 Å². The highest BCUT2D eigenvalue weighted by molar-refractivity contribution is 6.11. The SMILES string of the molecule is C1=CC2OC3=CCCCC3C3(C4=C(CC(c5ccc[nH]5)CC4)OC4=C3CCC(c3cccc5c3c3ccccc3n5-c3ccccc3)C4)C2C=C1. The Bertz CT molecular complexity index is 2330. The van der Waals surface area contributed by atoms with E-state index in [9.17, 15) is 0 Å². The first-order valence-corrected chi connectivity index (χ1v) is 19.3. The van der Waals surface area contributed by atoms with Crippen molar-refractivity contribution in [3.63, 3.8) is 0 Å². The average Bonchev–Trinajstić information content (AvgIpc) is 3.85. The molecule has 0 amide bonds. The van der Waals surface area contributed by atoms with Gasteiger partial charge in [0, 0.05) is 64.4 Å². The Morgan fingerprint density at radius 3 is 2.37 bits per heavy atom. The number of aromatic amines is 1. The number of fused-ring (bicyclic) bond motifs is 9. The van der Waals surface area contributed by atoms with Gasteiger partial charge in [-0.1, -0.05) is 66.8 Å². The van der Waals surface area contributed by atoms with Gasteiger partial charge >= 0.3 is 0 Å². The highest BCUT2D eigenvalue weighted by atomic mass is 16.5. The van der Waals surface area contributed by atoms with Crippen LogP contribution in [0.1, 0.15) is 80.9 Å². The molecular formula is C47H44N2O2. The molecule has 3 aromatic carbocycles. The number of H-pyrrole nitrogens is 1. The molecule has 6 atom stereocenters. The maximum atomic E-state index is 7.37. The Morgan fingerprint density at radius 1 is 0.725 bits per heavy atom. The molecule has 1 fully saturated rings. The smallest absolute Gasteiger partial charge is 0.124 e. The van der Waals surface area contributed by atoms with E-state index >= 15 is 0 Å². The minimum atomic E-state index is -0.0830. The fourth-order valence-corrected chi connectivity index (χ4v) is 11.4. The number of benzene rings is 3. The molecule has 5 aromatic rings. The summed E-state index contributed by atoms with van der Waals surface area (Å²) in [5.74, 6) is 5.25. The van der Waals surface area contributed by atoms with Gasteiger partial charge in [0.1, 0.15) is 17.6 Å². The number of nitrogens with zero attached hydrogens (tertiary/aromatic N) is 1. The minimum Gasteiger partial charge on any atom is -0.490 e. The van der Waals surface area contributed by atoms with E-state index in [0.717, 1.165) is 44.9 Å². The number of aromatic nitrogens is 2. The van der Waals surface area contributed by atoms with Crippen molar-refractivity contribution in [2.24, 2.45) is 17.3 Å². The molecule has 2 aromatic heterocycles. The van der Waals surface area contributed by atoms with Crippen molar-refractivity contribution in [1.82, 2.24) is 9.55 Å². The molecule has 1 saturated heterocycles. The van der Waals surface area contributed by atoms with Crippen molar-refractivity contribution in [3.8, 4) is 5.69 Å². The summed E-state index contributed by atoms with van der Waals surface area (Å²) >= 11 is 0. The van der Waals surface area contributed by atoms with E-state index < -0.39 is 0 Å². The fourth-order valence-electron chi connectivity index (χ4n) is 11.4. The van der Waals surface area contributed by atoms with E-state index in [4.69, 9.17) is 9.47 Å². The van der Waals surface area contributed by atoms with Crippen LogP contribution in [0, 0.1) is 17.3 Å². The largest absolute Gasteiger partial charge is 0.490 e. The molecule has 6 unspecified atom stereocenters. The Hall–Kier alpha value is -4.96. The predicted octanol–water partition coefficient (Wildman–Crippen LogP) is 11.7. The molecule has 0 bridgehead atoms. The molecule has 1 spiro atoms. The van der Waals surface area contributed by atoms with Crippen LogP contribution in [0.3, 0.4) is 0 Å². The maximum absolute atomic E-state index is 7.37. The summed E-state index contributed by atoms with van der Waals surface area (Å²) in [5, 5.41) is 2.73. The highest BCUT2D eigenvalue weighted by Gasteiger charge is 2.61. The number of nitrogens with one attached hydrogen (secondary N) is 1. The first-order valence-electron chi connectivity index (χ1n) is 19.3. The van der Waals surface area contributed by atoms with Crippen molar-refractivity contribution < 1.29 is 9.47 Å². The number of allylic oxidation sites excluding steroid dienone is 8. The summed E-state index contributed by atoms with van der Waals surface area (Å²) in [6.45, 7) is 0. The third kappa shape index (κ3) is 4.32. The number of ether oxygens (including phenoxy) is 2. The molecule has 6 aliphatic rings. The second kappa shape index (κ2) is 11.5. The standard InChI is InChI=1S/C47H44N2O2/c1-2-12-32(13-3-1)49-40-19-7-4-14-34(40)46-33(15-10-20-41(46)49)30-23-25-37-44(28-30)51-45-29-31(39-18-11-27-48-39)24-26-38(45)47(37)35-16-5-8-21-42(35)50-43-22-9-6-17-36(43)47/h1-5,7-8,10-16,18-22,27,30-31,35-36,42,48H,6,9,17,23-26,28-29H2. The number of hydrogen-bond acceptors (Lipinski definition) is 2. The molecule has 2 aliphatic heterocycles. The van der Waals surface area contributed by atoms with Crippen LogP contribution >= 0.6 is 0 Å². The van der Waals surface area contributed by atoms with Gasteiger partial charge in [0.25, 0.3) is 0 Å². The fraction of sp³-hybridized carbons (Fsp3) is 0.319. The van der Waals surface area contributed by atoms with Crippen LogP contribution in [0.5, 0.6) is 0 Å². The lowest BCUT2D eigenvalue weighted by Crippen LogP contribution is -2.54. The summed E-state index contributed by atoms with van der Waals surface area (Å²) in [6.07, 6.45) is 23.8. The molecule has 4 aliphatic carbocycles. The Labute approximate surface area is 299 Å². The van der Waals surface area contributed by atoms with Crippen LogP contribution in [0.4, 0.5) is 0 Å². The Balaban J connectivity index is 1.08. The van der Waals surface area contributed by atoms with Gasteiger partial charge < -0.3 is 19.0 Å². The van der Waals surface area contributed by atoms with E-state index in [1.54, 1.807) is 11.1 Å². The lowest BCUT2D eigenvalue weighted by Gasteiger charge is -2.59. The van der Waals surface area contributed by atoms with Crippen molar-refractivity contribution in [2.75, 3.05) is 0 Å². The van der Waals surface area contributed by atoms with Crippen LogP contribution in [-0.4, -0.2) is 15.7 Å². The summed E-state index contributed by atoms with van der Waals surface area (Å²) in [6, 6.07) is 31.2. The van der Waals surface area contributed by atoms with Gasteiger partial charge in [-0.05, 0) is 116 Å². The van der Waals surface area contributed by atoms with Gasteiger partial charge in [0.2, 0.25) is 0 Å². The number of hydrogen-bond donors (Lipinski definition) is 1. The normalized spacial score (nSPS) is 29.6. The Kier molecular flexibility index (Phi) is 6.72. The van der Waals surface area contributed by atoms with Gasteiger partial charge in [-0.2, -0.15) is 0 Å². The maximum Gasteiger partial charge on any atom is 0.124 e. The topological polar surface area (TPSA) is 39.2 Å². The molecule has 4 nitrogen and oxygen atoms in total. The summed E-state index contributed by atoms with van der Waals surface area (Å²) in [4.78, 5) is 3.55. The van der Waals surface area contributed by atoms with E-state index in [2.05, 4.69) is 131 Å². The lowest BCUT2D eigenvalue weighted by molar-refractivity contribution is -0.0449. The third-order valence-corrected chi connectivity index (χ3v) is 13.3. The van der Waals surface area contributed by atoms with Crippen LogP contribution in [0.2, 0.25) is 0 Å². The van der Waals surface area contributed by atoms with Crippen molar-refractivity contribution in [1.29, 1.82) is 0 Å². The van der Waals surface area contributed by atoms with Crippen LogP contribution in [-0.2, 0) is 9.47 Å². The van der Waals surface area contributed by atoms with Crippen LogP contribution < -0.4 is 0 Å². The third-order valence-electron chi connectivity index (χ3n) is 13.3. The minimum absolute atomic E-state index is 0.0629. The zero-order valence-corrected chi connectivity index (χ0v) is 29.1. The molecule has 4 heteroatoms. The average molecular weight is 669 g/mol. The lowest BCUT2D eigenvalue weighted by atomic mass is 9.49. The molecular weight excluding hydrogens is 625 g/mol. The second-order valence-corrected chi connectivity index (χ2v) is 15.7. The second-order valence-electron chi connectivity index (χ2n) is 15.7. The summed E-state index contributed by atoms with van der Waals surface area (Å²) < 4.78 is 16.7. The van der Waals surface area contributed by atoms with Crippen LogP contribution in [0.25, 0.3) is 27.5 Å². The summed E-state index contributed by atoms with van der Waals surface area (Å²) in [7, 11) is 0. The highest BCUT2D eigenvalue weighted by Crippen LogP contribution is 2.67. The number of rotatable bonds is 3. The van der Waals surface area contributed by atoms with Gasteiger partial charge in [-0.3, -0.25) is 0 Å². The van der Waals surface area contributed by atoms with Crippen molar-refractivity contribution >= 4 is 21.8 Å². The quantitative estimate of drug-likeness (QED) is 0.208. The number of para-hydroxylation sites is 2. The molecule has 254 valence electrons. The molecule has 4 heterocycles. The molecule has 0 radical (unpaired) electrons. The van der Waals surface area contributed by atoms with Gasteiger partial charge in [0.15, 0.2) is 0 Å². The first kappa shape index (κ1) is 29.7. The van der Waals surface area contributed by atoms with E-state index in [1.165, 1.54) is 68.9 Å². The Morgan fingerprint density at radius 2 is 1.51 bits per heavy atom. The molecule has 51 heavy (non-hydrogen) atoms. The monoisotopic (exact) mass is 668 g/mol. The van der Waals surface area contributed by atoms with Gasteiger partial charge in [0.05, 0.1) is 16.8 Å². The molecule has 1 N–H and O–H groups in total. The van der Waals surface area contributed by atoms with Crippen LogP contribution in [0.15, 0.2) is 150 Å². The van der Waals surface area contributed by atoms with E-state index in [-0.39, 0.29) is 17.4 Å².